The van der Waals surface area contributed by atoms with Crippen molar-refractivity contribution >= 4 is 34.6 Å². The van der Waals surface area contributed by atoms with Gasteiger partial charge < -0.3 is 26.0 Å². The number of carboxylic acid groups (broad SMARTS) is 1. The number of benzene rings is 1. The molecule has 1 aromatic carbocycles. The standard InChI is InChI=1S/C23H27F3N6O4/c1-2-19(33)30-17-10-13(29-22(35)36)4-6-18(17)32-8-7-16(21(32)34)31-20-14-9-12(23(24,25)26)3-5-15(14)27-11-28-20/h3,5,9,11,13,16-18,29H,2,4,6-8,10H2,1H3,(H,30,33)(H,35,36)(H,27,28,31)/t13-,16+,17-,18+/m1/s1. The summed E-state index contributed by atoms with van der Waals surface area (Å²) in [6, 6.07) is 1.35. The van der Waals surface area contributed by atoms with E-state index in [-0.39, 0.29) is 41.5 Å². The normalized spacial score (nSPS) is 24.6. The monoisotopic (exact) mass is 508 g/mol. The number of nitrogens with zero attached hydrogens (tertiary/aromatic N) is 3. The van der Waals surface area contributed by atoms with Gasteiger partial charge >= 0.3 is 12.3 Å². The van der Waals surface area contributed by atoms with E-state index in [9.17, 15) is 27.6 Å². The number of hydrogen-bond donors (Lipinski definition) is 4. The molecule has 2 aromatic rings. The van der Waals surface area contributed by atoms with Crippen molar-refractivity contribution in [3.63, 3.8) is 0 Å². The second-order valence-electron chi connectivity index (χ2n) is 9.02. The van der Waals surface area contributed by atoms with Gasteiger partial charge in [0.05, 0.1) is 23.2 Å². The first kappa shape index (κ1) is 25.5. The fraction of sp³-hybridized carbons (Fsp3) is 0.522. The number of likely N-dealkylation sites (tertiary alicyclic amines) is 1. The third-order valence-electron chi connectivity index (χ3n) is 6.72. The van der Waals surface area contributed by atoms with Gasteiger partial charge in [-0.2, -0.15) is 13.2 Å². The Morgan fingerprint density at radius 2 is 1.94 bits per heavy atom. The number of amides is 3. The van der Waals surface area contributed by atoms with Crippen LogP contribution in [0, 0.1) is 0 Å². The Hall–Kier alpha value is -3.64. The predicted octanol–water partition coefficient (Wildman–Crippen LogP) is 2.74. The summed E-state index contributed by atoms with van der Waals surface area (Å²) in [5.41, 5.74) is -0.525. The summed E-state index contributed by atoms with van der Waals surface area (Å²) in [6.07, 6.45) is -2.47. The third-order valence-corrected chi connectivity index (χ3v) is 6.72. The highest BCUT2D eigenvalue weighted by molar-refractivity contribution is 5.93. The molecule has 0 radical (unpaired) electrons. The molecule has 1 aromatic heterocycles. The molecule has 3 amide bonds. The second-order valence-corrected chi connectivity index (χ2v) is 9.02. The lowest BCUT2D eigenvalue weighted by Gasteiger charge is -2.41. The molecule has 194 valence electrons. The molecular formula is C23H27F3N6O4. The summed E-state index contributed by atoms with van der Waals surface area (Å²) in [5, 5.41) is 17.6. The van der Waals surface area contributed by atoms with Crippen LogP contribution in [-0.4, -0.2) is 68.6 Å². The molecule has 36 heavy (non-hydrogen) atoms. The van der Waals surface area contributed by atoms with E-state index in [1.807, 2.05) is 0 Å². The number of alkyl halides is 3. The highest BCUT2D eigenvalue weighted by atomic mass is 19.4. The van der Waals surface area contributed by atoms with Crippen LogP contribution in [0.5, 0.6) is 0 Å². The van der Waals surface area contributed by atoms with Crippen molar-refractivity contribution in [3.8, 4) is 0 Å². The molecule has 2 fully saturated rings. The average molecular weight is 509 g/mol. The van der Waals surface area contributed by atoms with Gasteiger partial charge in [-0.1, -0.05) is 6.92 Å². The van der Waals surface area contributed by atoms with Gasteiger partial charge in [-0.3, -0.25) is 9.59 Å². The van der Waals surface area contributed by atoms with Crippen LogP contribution in [0.15, 0.2) is 24.5 Å². The number of anilines is 1. The van der Waals surface area contributed by atoms with Crippen molar-refractivity contribution in [2.45, 2.75) is 69.4 Å². The minimum absolute atomic E-state index is 0.136. The summed E-state index contributed by atoms with van der Waals surface area (Å²) in [6.45, 7) is 2.09. The Labute approximate surface area is 204 Å². The zero-order chi connectivity index (χ0) is 26.0. The molecule has 1 aliphatic heterocycles. The van der Waals surface area contributed by atoms with E-state index in [0.29, 0.717) is 37.7 Å². The second kappa shape index (κ2) is 10.2. The zero-order valence-corrected chi connectivity index (χ0v) is 19.5. The maximum Gasteiger partial charge on any atom is 0.416 e. The van der Waals surface area contributed by atoms with Gasteiger partial charge in [-0.05, 0) is 43.9 Å². The fourth-order valence-corrected chi connectivity index (χ4v) is 4.98. The molecule has 4 rings (SSSR count). The van der Waals surface area contributed by atoms with Crippen LogP contribution in [0.1, 0.15) is 44.6 Å². The number of nitrogens with one attached hydrogen (secondary N) is 3. The van der Waals surface area contributed by atoms with Crippen molar-refractivity contribution in [2.75, 3.05) is 11.9 Å². The first-order chi connectivity index (χ1) is 17.1. The lowest BCUT2D eigenvalue weighted by molar-refractivity contribution is -0.137. The molecular weight excluding hydrogens is 481 g/mol. The molecule has 4 N–H and O–H groups in total. The van der Waals surface area contributed by atoms with Gasteiger partial charge in [-0.15, -0.1) is 0 Å². The predicted molar refractivity (Wildman–Crippen MR) is 123 cm³/mol. The molecule has 13 heteroatoms. The summed E-state index contributed by atoms with van der Waals surface area (Å²) < 4.78 is 39.7. The van der Waals surface area contributed by atoms with E-state index >= 15 is 0 Å². The maximum atomic E-state index is 13.3. The SMILES string of the molecule is CCC(=O)N[C@@H]1C[C@H](NC(=O)O)CC[C@@H]1N1CC[C@H](Nc2ncnc3ccc(C(F)(F)F)cc23)C1=O. The van der Waals surface area contributed by atoms with Crippen molar-refractivity contribution in [2.24, 2.45) is 0 Å². The first-order valence-corrected chi connectivity index (χ1v) is 11.7. The van der Waals surface area contributed by atoms with Gasteiger partial charge in [-0.25, -0.2) is 14.8 Å². The Morgan fingerprint density at radius 3 is 2.64 bits per heavy atom. The largest absolute Gasteiger partial charge is 0.465 e. The van der Waals surface area contributed by atoms with Crippen LogP contribution in [-0.2, 0) is 15.8 Å². The number of fused-ring (bicyclic) bond motifs is 1. The van der Waals surface area contributed by atoms with Gasteiger partial charge in [0.25, 0.3) is 0 Å². The molecule has 10 nitrogen and oxygen atoms in total. The van der Waals surface area contributed by atoms with Crippen LogP contribution in [0.25, 0.3) is 10.9 Å². The number of halogens is 3. The topological polar surface area (TPSA) is 137 Å². The molecule has 0 unspecified atom stereocenters. The number of rotatable bonds is 6. The van der Waals surface area contributed by atoms with Crippen LogP contribution < -0.4 is 16.0 Å². The minimum Gasteiger partial charge on any atom is -0.465 e. The number of aromatic nitrogens is 2. The van der Waals surface area contributed by atoms with E-state index in [2.05, 4.69) is 25.9 Å². The van der Waals surface area contributed by atoms with Crippen LogP contribution in [0.2, 0.25) is 0 Å². The Morgan fingerprint density at radius 1 is 1.17 bits per heavy atom. The Bertz CT molecular complexity index is 1160. The molecule has 1 saturated carbocycles. The molecule has 2 heterocycles. The first-order valence-electron chi connectivity index (χ1n) is 11.7. The minimum atomic E-state index is -4.53. The van der Waals surface area contributed by atoms with E-state index in [0.717, 1.165) is 12.1 Å². The third kappa shape index (κ3) is 5.44. The van der Waals surface area contributed by atoms with Crippen LogP contribution in [0.4, 0.5) is 23.8 Å². The molecule has 0 spiro atoms. The maximum absolute atomic E-state index is 13.3. The Balaban J connectivity index is 1.52. The van der Waals surface area contributed by atoms with E-state index in [4.69, 9.17) is 5.11 Å². The Kier molecular flexibility index (Phi) is 7.18. The summed E-state index contributed by atoms with van der Waals surface area (Å²) >= 11 is 0. The number of hydrogen-bond acceptors (Lipinski definition) is 6. The summed E-state index contributed by atoms with van der Waals surface area (Å²) in [5.74, 6) is -0.314. The molecule has 2 aliphatic rings. The summed E-state index contributed by atoms with van der Waals surface area (Å²) in [4.78, 5) is 46.3. The van der Waals surface area contributed by atoms with Crippen molar-refractivity contribution in [1.29, 1.82) is 0 Å². The lowest BCUT2D eigenvalue weighted by Crippen LogP contribution is -2.58. The van der Waals surface area contributed by atoms with E-state index < -0.39 is 29.9 Å². The van der Waals surface area contributed by atoms with Gasteiger partial charge in [0.2, 0.25) is 11.8 Å². The van der Waals surface area contributed by atoms with Crippen LogP contribution in [0.3, 0.4) is 0 Å². The lowest BCUT2D eigenvalue weighted by atomic mass is 9.85. The zero-order valence-electron chi connectivity index (χ0n) is 19.5. The average Bonchev–Trinajstić information content (AvgIpc) is 3.18. The number of carbonyl (C=O) groups excluding carboxylic acids is 2. The van der Waals surface area contributed by atoms with E-state index in [1.165, 1.54) is 12.4 Å². The van der Waals surface area contributed by atoms with Gasteiger partial charge in [0, 0.05) is 24.4 Å². The molecule has 1 saturated heterocycles. The molecule has 4 atom stereocenters. The van der Waals surface area contributed by atoms with Gasteiger partial charge in [0.15, 0.2) is 0 Å². The smallest absolute Gasteiger partial charge is 0.416 e. The van der Waals surface area contributed by atoms with Gasteiger partial charge in [0.1, 0.15) is 18.2 Å². The quantitative estimate of drug-likeness (QED) is 0.471. The molecule has 0 bridgehead atoms. The fourth-order valence-electron chi connectivity index (χ4n) is 4.98. The summed E-state index contributed by atoms with van der Waals surface area (Å²) in [7, 11) is 0. The van der Waals surface area contributed by atoms with E-state index in [1.54, 1.807) is 11.8 Å². The van der Waals surface area contributed by atoms with Crippen LogP contribution >= 0.6 is 0 Å². The highest BCUT2D eigenvalue weighted by Crippen LogP contribution is 2.34. The van der Waals surface area contributed by atoms with Crippen molar-refractivity contribution in [1.82, 2.24) is 25.5 Å². The number of carbonyl (C=O) groups is 3. The van der Waals surface area contributed by atoms with Crippen molar-refractivity contribution in [3.05, 3.63) is 30.1 Å². The highest BCUT2D eigenvalue weighted by Gasteiger charge is 2.42. The van der Waals surface area contributed by atoms with Crippen molar-refractivity contribution < 1.29 is 32.7 Å². The molecule has 1 aliphatic carbocycles.